The summed E-state index contributed by atoms with van der Waals surface area (Å²) in [4.78, 5) is 11.6. The average molecular weight is 287 g/mol. The highest BCUT2D eigenvalue weighted by Crippen LogP contribution is 2.28. The molecule has 1 aromatic carbocycles. The first-order valence-electron chi connectivity index (χ1n) is 6.02. The molecule has 0 aliphatic rings. The number of methoxy groups -OCH3 is 1. The summed E-state index contributed by atoms with van der Waals surface area (Å²) in [6.45, 7) is 0. The van der Waals surface area contributed by atoms with Gasteiger partial charge in [0, 0.05) is 12.3 Å². The van der Waals surface area contributed by atoms with Gasteiger partial charge in [0.25, 0.3) is 0 Å². The van der Waals surface area contributed by atoms with Crippen molar-refractivity contribution in [2.75, 3.05) is 7.11 Å². The van der Waals surface area contributed by atoms with Crippen LogP contribution >= 0.6 is 0 Å². The summed E-state index contributed by atoms with van der Waals surface area (Å²) in [5.41, 5.74) is 1.11. The third-order valence-electron chi connectivity index (χ3n) is 3.02. The predicted molar refractivity (Wildman–Crippen MR) is 71.4 cm³/mol. The van der Waals surface area contributed by atoms with Gasteiger partial charge < -0.3 is 9.84 Å². The van der Waals surface area contributed by atoms with Crippen molar-refractivity contribution in [3.8, 4) is 17.1 Å². The first-order valence-corrected chi connectivity index (χ1v) is 6.02. The van der Waals surface area contributed by atoms with E-state index in [0.717, 1.165) is 6.07 Å². The minimum Gasteiger partial charge on any atom is -0.507 e. The molecule has 0 spiro atoms. The van der Waals surface area contributed by atoms with E-state index in [2.05, 4.69) is 14.9 Å². The van der Waals surface area contributed by atoms with Crippen molar-refractivity contribution >= 4 is 11.6 Å². The van der Waals surface area contributed by atoms with Crippen LogP contribution < -0.4 is 0 Å². The molecule has 3 aromatic rings. The van der Waals surface area contributed by atoms with E-state index in [-0.39, 0.29) is 5.75 Å². The lowest BCUT2D eigenvalue weighted by molar-refractivity contribution is 0.0600. The maximum absolute atomic E-state index is 13.1. The number of benzene rings is 1. The Morgan fingerprint density at radius 1 is 1.29 bits per heavy atom. The molecule has 0 amide bonds. The summed E-state index contributed by atoms with van der Waals surface area (Å²) in [6, 6.07) is 6.75. The lowest BCUT2D eigenvalue weighted by Crippen LogP contribution is -2.03. The Kier molecular flexibility index (Phi) is 3.02. The smallest absolute Gasteiger partial charge is 0.339 e. The summed E-state index contributed by atoms with van der Waals surface area (Å²) in [7, 11) is 1.28. The molecule has 0 aliphatic heterocycles. The molecule has 0 aliphatic carbocycles. The number of phenols is 1. The standard InChI is InChI=1S/C14H10FN3O3/c1-21-14(20)8-2-5-12-16-17-13(18(12)7-8)10-4-3-9(15)6-11(10)19/h2-7,19H,1H3. The Labute approximate surface area is 118 Å². The Morgan fingerprint density at radius 2 is 2.10 bits per heavy atom. The molecule has 0 saturated carbocycles. The van der Waals surface area contributed by atoms with E-state index in [1.165, 1.54) is 29.8 Å². The maximum Gasteiger partial charge on any atom is 0.339 e. The molecule has 106 valence electrons. The zero-order valence-corrected chi connectivity index (χ0v) is 10.9. The fourth-order valence-corrected chi connectivity index (χ4v) is 2.01. The largest absolute Gasteiger partial charge is 0.507 e. The Bertz CT molecular complexity index is 845. The number of hydrogen-bond donors (Lipinski definition) is 1. The van der Waals surface area contributed by atoms with E-state index < -0.39 is 11.8 Å². The lowest BCUT2D eigenvalue weighted by Gasteiger charge is -2.04. The van der Waals surface area contributed by atoms with Gasteiger partial charge in [0.05, 0.1) is 18.2 Å². The monoisotopic (exact) mass is 287 g/mol. The lowest BCUT2D eigenvalue weighted by atomic mass is 10.2. The third kappa shape index (κ3) is 2.18. The van der Waals surface area contributed by atoms with E-state index in [4.69, 9.17) is 0 Å². The van der Waals surface area contributed by atoms with Gasteiger partial charge in [0.15, 0.2) is 11.5 Å². The molecule has 0 fully saturated rings. The number of carbonyl (C=O) groups is 1. The fraction of sp³-hybridized carbons (Fsp3) is 0.0714. The van der Waals surface area contributed by atoms with Gasteiger partial charge in [-0.3, -0.25) is 4.40 Å². The molecule has 0 saturated heterocycles. The normalized spacial score (nSPS) is 10.8. The second-order valence-electron chi connectivity index (χ2n) is 4.32. The van der Waals surface area contributed by atoms with E-state index >= 15 is 0 Å². The molecule has 3 rings (SSSR count). The summed E-state index contributed by atoms with van der Waals surface area (Å²) >= 11 is 0. The maximum atomic E-state index is 13.1. The number of aromatic nitrogens is 3. The summed E-state index contributed by atoms with van der Waals surface area (Å²) < 4.78 is 19.2. The number of ether oxygens (including phenoxy) is 1. The van der Waals surface area contributed by atoms with Crippen molar-refractivity contribution in [3.05, 3.63) is 47.9 Å². The second-order valence-corrected chi connectivity index (χ2v) is 4.32. The highest BCUT2D eigenvalue weighted by Gasteiger charge is 2.15. The molecular weight excluding hydrogens is 277 g/mol. The topological polar surface area (TPSA) is 76.7 Å². The van der Waals surface area contributed by atoms with Crippen molar-refractivity contribution in [2.45, 2.75) is 0 Å². The van der Waals surface area contributed by atoms with Gasteiger partial charge in [-0.2, -0.15) is 0 Å². The molecule has 0 bridgehead atoms. The number of pyridine rings is 1. The first-order chi connectivity index (χ1) is 10.1. The van der Waals surface area contributed by atoms with E-state index in [1.54, 1.807) is 12.1 Å². The van der Waals surface area contributed by atoms with Crippen molar-refractivity contribution in [3.63, 3.8) is 0 Å². The minimum absolute atomic E-state index is 0.257. The Balaban J connectivity index is 2.20. The molecule has 6 nitrogen and oxygen atoms in total. The molecule has 0 atom stereocenters. The van der Waals surface area contributed by atoms with Gasteiger partial charge in [-0.15, -0.1) is 10.2 Å². The van der Waals surface area contributed by atoms with Crippen molar-refractivity contribution in [1.82, 2.24) is 14.6 Å². The highest BCUT2D eigenvalue weighted by atomic mass is 19.1. The second kappa shape index (κ2) is 4.86. The predicted octanol–water partition coefficient (Wildman–Crippen LogP) is 2.03. The summed E-state index contributed by atoms with van der Waals surface area (Å²) in [5, 5.41) is 17.7. The van der Waals surface area contributed by atoms with Crippen LogP contribution in [0.1, 0.15) is 10.4 Å². The minimum atomic E-state index is -0.555. The molecular formula is C14H10FN3O3. The molecule has 0 unspecified atom stereocenters. The number of carbonyl (C=O) groups excluding carboxylic acids is 1. The van der Waals surface area contributed by atoms with Crippen molar-refractivity contribution in [1.29, 1.82) is 0 Å². The van der Waals surface area contributed by atoms with Gasteiger partial charge in [-0.25, -0.2) is 9.18 Å². The molecule has 1 N–H and O–H groups in total. The fourth-order valence-electron chi connectivity index (χ4n) is 2.01. The quantitative estimate of drug-likeness (QED) is 0.730. The van der Waals surface area contributed by atoms with Gasteiger partial charge in [0.2, 0.25) is 0 Å². The Hall–Kier alpha value is -2.96. The van der Waals surface area contributed by atoms with E-state index in [1.807, 2.05) is 0 Å². The van der Waals surface area contributed by atoms with Crippen LogP contribution in [0.3, 0.4) is 0 Å². The van der Waals surface area contributed by atoms with Gasteiger partial charge in [-0.05, 0) is 24.3 Å². The number of rotatable bonds is 2. The van der Waals surface area contributed by atoms with Gasteiger partial charge >= 0.3 is 5.97 Å². The van der Waals surface area contributed by atoms with Crippen LogP contribution in [0.4, 0.5) is 4.39 Å². The molecule has 7 heteroatoms. The first kappa shape index (κ1) is 13.0. The van der Waals surface area contributed by atoms with E-state index in [0.29, 0.717) is 22.6 Å². The Morgan fingerprint density at radius 3 is 2.81 bits per heavy atom. The number of nitrogens with zero attached hydrogens (tertiary/aromatic N) is 3. The summed E-state index contributed by atoms with van der Waals surface area (Å²) in [6.07, 6.45) is 1.50. The van der Waals surface area contributed by atoms with Gasteiger partial charge in [0.1, 0.15) is 11.6 Å². The zero-order chi connectivity index (χ0) is 15.0. The highest BCUT2D eigenvalue weighted by molar-refractivity contribution is 5.89. The average Bonchev–Trinajstić information content (AvgIpc) is 2.89. The molecule has 0 radical (unpaired) electrons. The number of phenolic OH excluding ortho intramolecular Hbond substituents is 1. The number of esters is 1. The van der Waals surface area contributed by atoms with Crippen LogP contribution in [-0.4, -0.2) is 32.8 Å². The molecule has 21 heavy (non-hydrogen) atoms. The number of hydrogen-bond acceptors (Lipinski definition) is 5. The van der Waals surface area contributed by atoms with Crippen LogP contribution in [0.2, 0.25) is 0 Å². The van der Waals surface area contributed by atoms with Crippen LogP contribution in [0.5, 0.6) is 5.75 Å². The zero-order valence-electron chi connectivity index (χ0n) is 10.9. The molecule has 2 heterocycles. The van der Waals surface area contributed by atoms with Crippen molar-refractivity contribution < 1.29 is 19.0 Å². The number of halogens is 1. The van der Waals surface area contributed by atoms with Crippen molar-refractivity contribution in [2.24, 2.45) is 0 Å². The molecule has 2 aromatic heterocycles. The summed E-state index contributed by atoms with van der Waals surface area (Å²) in [5.74, 6) is -1.01. The van der Waals surface area contributed by atoms with Crippen LogP contribution in [0.25, 0.3) is 17.0 Å². The van der Waals surface area contributed by atoms with Crippen LogP contribution in [-0.2, 0) is 4.74 Å². The third-order valence-corrected chi connectivity index (χ3v) is 3.02. The SMILES string of the molecule is COC(=O)c1ccc2nnc(-c3ccc(F)cc3O)n2c1. The van der Waals surface area contributed by atoms with Crippen LogP contribution in [0.15, 0.2) is 36.5 Å². The number of fused-ring (bicyclic) bond motifs is 1. The van der Waals surface area contributed by atoms with Crippen LogP contribution in [0, 0.1) is 5.82 Å². The van der Waals surface area contributed by atoms with E-state index in [9.17, 15) is 14.3 Å². The van der Waals surface area contributed by atoms with Gasteiger partial charge in [-0.1, -0.05) is 0 Å². The number of aromatic hydroxyl groups is 1.